The average molecular weight is 380 g/mol. The van der Waals surface area contributed by atoms with E-state index in [2.05, 4.69) is 23.2 Å². The predicted molar refractivity (Wildman–Crippen MR) is 109 cm³/mol. The van der Waals surface area contributed by atoms with E-state index in [0.717, 1.165) is 44.5 Å². The topological polar surface area (TPSA) is 48.4 Å². The average Bonchev–Trinajstić information content (AvgIpc) is 2.77. The number of aryl methyl sites for hydroxylation is 2. The largest absolute Gasteiger partial charge is 0.465 e. The van der Waals surface area contributed by atoms with E-state index in [1.165, 1.54) is 43.1 Å². The van der Waals surface area contributed by atoms with Crippen LogP contribution in [0.3, 0.4) is 0 Å². The molecule has 1 aliphatic carbocycles. The molecule has 1 atom stereocenters. The van der Waals surface area contributed by atoms with E-state index < -0.39 is 0 Å². The van der Waals surface area contributed by atoms with Crippen molar-refractivity contribution in [2.45, 2.75) is 56.8 Å². The zero-order valence-corrected chi connectivity index (χ0v) is 16.7. The van der Waals surface area contributed by atoms with Crippen LogP contribution in [0.2, 0.25) is 0 Å². The molecule has 0 amide bonds. The van der Waals surface area contributed by atoms with Crippen LogP contribution in [-0.4, -0.2) is 31.3 Å². The van der Waals surface area contributed by atoms with Crippen molar-refractivity contribution in [2.75, 3.05) is 20.3 Å². The standard InChI is InChI=1S/C24H29NO3/c1-27-24(26)23-9-12-25-16-21(23)6-5-18-3-2-4-20-15-19(7-8-22(18)20)17-10-13-28-14-11-17/h7-9,12,15-18H,2-6,10-11,13-14H2,1H3. The Bertz CT molecular complexity index is 826. The molecule has 4 rings (SSSR count). The SMILES string of the molecule is COC(=O)c1ccncc1CCC1CCCc2cc(C3CCOCC3)ccc21. The van der Waals surface area contributed by atoms with Gasteiger partial charge in [0.15, 0.2) is 0 Å². The Morgan fingerprint density at radius 3 is 2.89 bits per heavy atom. The van der Waals surface area contributed by atoms with Crippen LogP contribution in [0, 0.1) is 0 Å². The molecular formula is C24H29NO3. The quantitative estimate of drug-likeness (QED) is 0.699. The number of ether oxygens (including phenoxy) is 2. The van der Waals surface area contributed by atoms with Crippen LogP contribution in [0.4, 0.5) is 0 Å². The zero-order chi connectivity index (χ0) is 19.3. The number of hydrogen-bond acceptors (Lipinski definition) is 4. The van der Waals surface area contributed by atoms with Crippen LogP contribution < -0.4 is 0 Å². The molecule has 1 fully saturated rings. The number of aromatic nitrogens is 1. The van der Waals surface area contributed by atoms with Crippen molar-refractivity contribution >= 4 is 5.97 Å². The van der Waals surface area contributed by atoms with Gasteiger partial charge in [-0.05, 0) is 85.1 Å². The molecule has 2 aliphatic rings. The maximum Gasteiger partial charge on any atom is 0.338 e. The highest BCUT2D eigenvalue weighted by molar-refractivity contribution is 5.90. The molecule has 1 aromatic heterocycles. The van der Waals surface area contributed by atoms with E-state index in [9.17, 15) is 4.79 Å². The fourth-order valence-electron chi connectivity index (χ4n) is 4.78. The highest BCUT2D eigenvalue weighted by Crippen LogP contribution is 2.37. The molecule has 2 heterocycles. The molecule has 1 unspecified atom stereocenters. The molecule has 0 N–H and O–H groups in total. The Kier molecular flexibility index (Phi) is 6.06. The van der Waals surface area contributed by atoms with Gasteiger partial charge in [-0.2, -0.15) is 0 Å². The molecule has 0 bridgehead atoms. The number of fused-ring (bicyclic) bond motifs is 1. The first-order valence-corrected chi connectivity index (χ1v) is 10.5. The van der Waals surface area contributed by atoms with Crippen LogP contribution >= 0.6 is 0 Å². The van der Waals surface area contributed by atoms with Gasteiger partial charge in [-0.25, -0.2) is 4.79 Å². The van der Waals surface area contributed by atoms with Gasteiger partial charge < -0.3 is 9.47 Å². The van der Waals surface area contributed by atoms with Gasteiger partial charge in [0.05, 0.1) is 12.7 Å². The molecule has 1 aliphatic heterocycles. The Balaban J connectivity index is 1.49. The number of nitrogens with zero attached hydrogens (tertiary/aromatic N) is 1. The van der Waals surface area contributed by atoms with Gasteiger partial charge in [-0.1, -0.05) is 18.2 Å². The summed E-state index contributed by atoms with van der Waals surface area (Å²) in [5.74, 6) is 0.929. The lowest BCUT2D eigenvalue weighted by molar-refractivity contribution is 0.0599. The fourth-order valence-corrected chi connectivity index (χ4v) is 4.78. The van der Waals surface area contributed by atoms with E-state index in [0.29, 0.717) is 17.4 Å². The lowest BCUT2D eigenvalue weighted by atomic mass is 9.78. The monoisotopic (exact) mass is 379 g/mol. The molecule has 28 heavy (non-hydrogen) atoms. The first-order valence-electron chi connectivity index (χ1n) is 10.5. The number of pyridine rings is 1. The minimum Gasteiger partial charge on any atom is -0.465 e. The third kappa shape index (κ3) is 4.12. The van der Waals surface area contributed by atoms with Crippen LogP contribution in [-0.2, 0) is 22.3 Å². The summed E-state index contributed by atoms with van der Waals surface area (Å²) in [7, 11) is 1.43. The lowest BCUT2D eigenvalue weighted by Crippen LogP contribution is -2.16. The number of benzene rings is 1. The first kappa shape index (κ1) is 19.1. The summed E-state index contributed by atoms with van der Waals surface area (Å²) < 4.78 is 10.4. The number of hydrogen-bond donors (Lipinski definition) is 0. The Morgan fingerprint density at radius 1 is 1.21 bits per heavy atom. The zero-order valence-electron chi connectivity index (χ0n) is 16.7. The third-order valence-corrected chi connectivity index (χ3v) is 6.37. The molecule has 1 aromatic carbocycles. The molecule has 0 spiro atoms. The first-order chi connectivity index (χ1) is 13.8. The predicted octanol–water partition coefficient (Wildman–Crippen LogP) is 4.81. The summed E-state index contributed by atoms with van der Waals surface area (Å²) in [5, 5.41) is 0. The second kappa shape index (κ2) is 8.87. The molecule has 0 saturated carbocycles. The van der Waals surface area contributed by atoms with Crippen LogP contribution in [0.5, 0.6) is 0 Å². The summed E-state index contributed by atoms with van der Waals surface area (Å²) in [6, 6.07) is 8.93. The van der Waals surface area contributed by atoms with Gasteiger partial charge in [0, 0.05) is 25.6 Å². The smallest absolute Gasteiger partial charge is 0.338 e. The van der Waals surface area contributed by atoms with Gasteiger partial charge >= 0.3 is 5.97 Å². The van der Waals surface area contributed by atoms with Crippen molar-refractivity contribution < 1.29 is 14.3 Å². The number of rotatable bonds is 5. The maximum absolute atomic E-state index is 12.0. The minimum absolute atomic E-state index is 0.275. The molecule has 4 nitrogen and oxygen atoms in total. The summed E-state index contributed by atoms with van der Waals surface area (Å²) >= 11 is 0. The van der Waals surface area contributed by atoms with Crippen LogP contribution in [0.1, 0.15) is 76.6 Å². The van der Waals surface area contributed by atoms with Gasteiger partial charge in [0.25, 0.3) is 0 Å². The molecule has 148 valence electrons. The van der Waals surface area contributed by atoms with Crippen molar-refractivity contribution in [1.82, 2.24) is 4.98 Å². The molecule has 2 aromatic rings. The van der Waals surface area contributed by atoms with Gasteiger partial charge in [0.1, 0.15) is 0 Å². The van der Waals surface area contributed by atoms with Gasteiger partial charge in [-0.15, -0.1) is 0 Å². The number of methoxy groups -OCH3 is 1. The van der Waals surface area contributed by atoms with Crippen molar-refractivity contribution in [1.29, 1.82) is 0 Å². The normalized spacial score (nSPS) is 19.8. The minimum atomic E-state index is -0.275. The summed E-state index contributed by atoms with van der Waals surface area (Å²) in [6.07, 6.45) is 11.3. The second-order valence-corrected chi connectivity index (χ2v) is 8.00. The summed E-state index contributed by atoms with van der Waals surface area (Å²) in [4.78, 5) is 16.2. The van der Waals surface area contributed by atoms with E-state index >= 15 is 0 Å². The molecule has 1 saturated heterocycles. The Morgan fingerprint density at radius 2 is 2.07 bits per heavy atom. The highest BCUT2D eigenvalue weighted by atomic mass is 16.5. The second-order valence-electron chi connectivity index (χ2n) is 8.00. The van der Waals surface area contributed by atoms with Crippen LogP contribution in [0.25, 0.3) is 0 Å². The lowest BCUT2D eigenvalue weighted by Gasteiger charge is -2.28. The number of carbonyl (C=O) groups is 1. The van der Waals surface area contributed by atoms with Crippen molar-refractivity contribution in [3.63, 3.8) is 0 Å². The van der Waals surface area contributed by atoms with Crippen LogP contribution in [0.15, 0.2) is 36.7 Å². The van der Waals surface area contributed by atoms with E-state index in [1.54, 1.807) is 12.3 Å². The van der Waals surface area contributed by atoms with Crippen molar-refractivity contribution in [3.05, 3.63) is 64.5 Å². The Hall–Kier alpha value is -2.20. The third-order valence-electron chi connectivity index (χ3n) is 6.37. The Labute approximate surface area is 167 Å². The maximum atomic E-state index is 12.0. The fraction of sp³-hybridized carbons (Fsp3) is 0.500. The van der Waals surface area contributed by atoms with E-state index in [-0.39, 0.29) is 5.97 Å². The summed E-state index contributed by atoms with van der Waals surface area (Å²) in [5.41, 5.74) is 6.15. The highest BCUT2D eigenvalue weighted by Gasteiger charge is 2.23. The molecule has 0 radical (unpaired) electrons. The van der Waals surface area contributed by atoms with Crippen molar-refractivity contribution in [2.24, 2.45) is 0 Å². The van der Waals surface area contributed by atoms with Gasteiger partial charge in [0.2, 0.25) is 0 Å². The number of esters is 1. The van der Waals surface area contributed by atoms with E-state index in [1.807, 2.05) is 6.20 Å². The summed E-state index contributed by atoms with van der Waals surface area (Å²) in [6.45, 7) is 1.77. The van der Waals surface area contributed by atoms with E-state index in [4.69, 9.17) is 9.47 Å². The number of carbonyl (C=O) groups excluding carboxylic acids is 1. The van der Waals surface area contributed by atoms with Crippen molar-refractivity contribution in [3.8, 4) is 0 Å². The molecule has 4 heteroatoms. The van der Waals surface area contributed by atoms with Gasteiger partial charge in [-0.3, -0.25) is 4.98 Å². The molecular weight excluding hydrogens is 350 g/mol.